The molecule has 1 aliphatic heterocycles. The predicted molar refractivity (Wildman–Crippen MR) is 116 cm³/mol. The Morgan fingerprint density at radius 2 is 1.87 bits per heavy atom. The topological polar surface area (TPSA) is 89.8 Å². The van der Waals surface area contributed by atoms with E-state index in [0.717, 1.165) is 11.1 Å². The number of ether oxygens (including phenoxy) is 2. The van der Waals surface area contributed by atoms with E-state index in [9.17, 15) is 9.59 Å². The van der Waals surface area contributed by atoms with Crippen molar-refractivity contribution in [2.45, 2.75) is 13.5 Å². The summed E-state index contributed by atoms with van der Waals surface area (Å²) in [5, 5.41) is 5.66. The van der Waals surface area contributed by atoms with Gasteiger partial charge in [-0.3, -0.25) is 9.59 Å². The molecular weight excluding hydrogens is 396 g/mol. The molecule has 0 unspecified atom stereocenters. The van der Waals surface area contributed by atoms with E-state index in [4.69, 9.17) is 13.9 Å². The molecule has 0 bridgehead atoms. The monoisotopic (exact) mass is 418 g/mol. The van der Waals surface area contributed by atoms with Gasteiger partial charge in [0.05, 0.1) is 18.4 Å². The Balaban J connectivity index is 1.34. The quantitative estimate of drug-likeness (QED) is 0.605. The molecule has 0 radical (unpaired) electrons. The molecule has 7 heteroatoms. The minimum Gasteiger partial charge on any atom is -0.490 e. The van der Waals surface area contributed by atoms with Gasteiger partial charge < -0.3 is 24.5 Å². The minimum absolute atomic E-state index is 0.181. The van der Waals surface area contributed by atoms with Crippen LogP contribution < -0.4 is 20.1 Å². The highest BCUT2D eigenvalue weighted by Crippen LogP contribution is 2.35. The zero-order valence-electron chi connectivity index (χ0n) is 17.0. The summed E-state index contributed by atoms with van der Waals surface area (Å²) in [4.78, 5) is 24.6. The van der Waals surface area contributed by atoms with Crippen LogP contribution >= 0.6 is 0 Å². The summed E-state index contributed by atoms with van der Waals surface area (Å²) in [7, 11) is 0. The van der Waals surface area contributed by atoms with Crippen LogP contribution in [-0.4, -0.2) is 25.0 Å². The highest BCUT2D eigenvalue weighted by atomic mass is 16.5. The normalized spacial score (nSPS) is 12.2. The van der Waals surface area contributed by atoms with Crippen molar-refractivity contribution in [2.24, 2.45) is 0 Å². The van der Waals surface area contributed by atoms with Gasteiger partial charge in [0.1, 0.15) is 6.61 Å². The highest BCUT2D eigenvalue weighted by Gasteiger charge is 2.20. The van der Waals surface area contributed by atoms with Gasteiger partial charge in [-0.1, -0.05) is 24.3 Å². The van der Waals surface area contributed by atoms with Crippen molar-refractivity contribution in [3.63, 3.8) is 0 Å². The molecule has 2 aromatic carbocycles. The molecule has 31 heavy (non-hydrogen) atoms. The van der Waals surface area contributed by atoms with Crippen LogP contribution in [0.15, 0.2) is 70.9 Å². The molecule has 2 amide bonds. The Bertz CT molecular complexity index is 1100. The number of carbonyl (C=O) groups excluding carboxylic acids is 2. The number of anilines is 1. The van der Waals surface area contributed by atoms with Gasteiger partial charge >= 0.3 is 0 Å². The summed E-state index contributed by atoms with van der Waals surface area (Å²) in [6.07, 6.45) is 3.27. The molecule has 3 aromatic rings. The first-order chi connectivity index (χ1) is 15.1. The largest absolute Gasteiger partial charge is 0.490 e. The van der Waals surface area contributed by atoms with E-state index >= 15 is 0 Å². The van der Waals surface area contributed by atoms with E-state index in [1.807, 2.05) is 43.3 Å². The lowest BCUT2D eigenvalue weighted by atomic mass is 10.1. The standard InChI is InChI=1S/C24H22N2O5/c1-2-29-20-6-3-5-17-13-18(15-31-22(17)20)23(27)25-14-16-8-10-19(11-9-16)26-24(28)21-7-4-12-30-21/h3-13H,2,14-15H2,1H3,(H,25,27)(H,26,28). The van der Waals surface area contributed by atoms with Gasteiger partial charge in [0, 0.05) is 17.8 Å². The Labute approximate surface area is 179 Å². The maximum atomic E-state index is 12.6. The van der Waals surface area contributed by atoms with Gasteiger partial charge in [0.25, 0.3) is 11.8 Å². The number of carbonyl (C=O) groups is 2. The van der Waals surface area contributed by atoms with Crippen LogP contribution in [0.3, 0.4) is 0 Å². The lowest BCUT2D eigenvalue weighted by molar-refractivity contribution is -0.117. The first-order valence-corrected chi connectivity index (χ1v) is 9.95. The van der Waals surface area contributed by atoms with Crippen molar-refractivity contribution in [3.8, 4) is 11.5 Å². The zero-order chi connectivity index (χ0) is 21.6. The number of furan rings is 1. The van der Waals surface area contributed by atoms with Gasteiger partial charge in [0.2, 0.25) is 0 Å². The summed E-state index contributed by atoms with van der Waals surface area (Å²) < 4.78 is 16.4. The van der Waals surface area contributed by atoms with Crippen molar-refractivity contribution in [3.05, 3.63) is 83.3 Å². The second kappa shape index (κ2) is 9.21. The molecule has 2 heterocycles. The summed E-state index contributed by atoms with van der Waals surface area (Å²) in [5.41, 5.74) is 2.91. The van der Waals surface area contributed by atoms with Gasteiger partial charge in [-0.2, -0.15) is 0 Å². The molecule has 0 fully saturated rings. The number of hydrogen-bond acceptors (Lipinski definition) is 5. The summed E-state index contributed by atoms with van der Waals surface area (Å²) in [6.45, 7) is 2.99. The molecule has 158 valence electrons. The Kier molecular flexibility index (Phi) is 6.03. The van der Waals surface area contributed by atoms with Crippen molar-refractivity contribution < 1.29 is 23.5 Å². The first-order valence-electron chi connectivity index (χ1n) is 9.95. The number of nitrogens with one attached hydrogen (secondary N) is 2. The Hall–Kier alpha value is -4.00. The maximum absolute atomic E-state index is 12.6. The molecule has 4 rings (SSSR count). The fourth-order valence-corrected chi connectivity index (χ4v) is 3.18. The van der Waals surface area contributed by atoms with Crippen LogP contribution in [0.2, 0.25) is 0 Å². The summed E-state index contributed by atoms with van der Waals surface area (Å²) >= 11 is 0. The number of para-hydroxylation sites is 1. The van der Waals surface area contributed by atoms with Crippen molar-refractivity contribution in [1.82, 2.24) is 5.32 Å². The lowest BCUT2D eigenvalue weighted by Crippen LogP contribution is -2.28. The van der Waals surface area contributed by atoms with E-state index < -0.39 is 0 Å². The average molecular weight is 418 g/mol. The predicted octanol–water partition coefficient (Wildman–Crippen LogP) is 4.02. The van der Waals surface area contributed by atoms with E-state index in [1.54, 1.807) is 24.3 Å². The fourth-order valence-electron chi connectivity index (χ4n) is 3.18. The number of benzene rings is 2. The van der Waals surface area contributed by atoms with Crippen LogP contribution in [0.1, 0.15) is 28.6 Å². The third-order valence-corrected chi connectivity index (χ3v) is 4.71. The van der Waals surface area contributed by atoms with Crippen molar-refractivity contribution >= 4 is 23.6 Å². The average Bonchev–Trinajstić information content (AvgIpc) is 3.34. The van der Waals surface area contributed by atoms with E-state index in [-0.39, 0.29) is 24.2 Å². The van der Waals surface area contributed by atoms with Crippen LogP contribution in [0.5, 0.6) is 11.5 Å². The molecule has 1 aliphatic rings. The van der Waals surface area contributed by atoms with Gasteiger partial charge in [-0.15, -0.1) is 0 Å². The van der Waals surface area contributed by atoms with Crippen molar-refractivity contribution in [1.29, 1.82) is 0 Å². The molecular formula is C24H22N2O5. The van der Waals surface area contributed by atoms with Gasteiger partial charge in [-0.05, 0) is 48.9 Å². The third kappa shape index (κ3) is 4.78. The minimum atomic E-state index is -0.317. The Morgan fingerprint density at radius 1 is 1.03 bits per heavy atom. The third-order valence-electron chi connectivity index (χ3n) is 4.71. The maximum Gasteiger partial charge on any atom is 0.291 e. The van der Waals surface area contributed by atoms with Crippen molar-refractivity contribution in [2.75, 3.05) is 18.5 Å². The second-order valence-corrected chi connectivity index (χ2v) is 6.88. The number of amides is 2. The smallest absolute Gasteiger partial charge is 0.291 e. The number of fused-ring (bicyclic) bond motifs is 1. The highest BCUT2D eigenvalue weighted by molar-refractivity contribution is 6.02. The van der Waals surface area contributed by atoms with E-state index in [0.29, 0.717) is 35.9 Å². The van der Waals surface area contributed by atoms with Gasteiger partial charge in [-0.25, -0.2) is 0 Å². The molecule has 1 aromatic heterocycles. The van der Waals surface area contributed by atoms with Crippen LogP contribution in [0, 0.1) is 0 Å². The molecule has 0 saturated heterocycles. The Morgan fingerprint density at radius 3 is 2.61 bits per heavy atom. The van der Waals surface area contributed by atoms with E-state index in [2.05, 4.69) is 10.6 Å². The fraction of sp³-hybridized carbons (Fsp3) is 0.167. The second-order valence-electron chi connectivity index (χ2n) is 6.88. The lowest BCUT2D eigenvalue weighted by Gasteiger charge is -2.20. The molecule has 0 aliphatic carbocycles. The zero-order valence-corrected chi connectivity index (χ0v) is 17.0. The molecule has 2 N–H and O–H groups in total. The molecule has 7 nitrogen and oxygen atoms in total. The molecule has 0 saturated carbocycles. The number of rotatable bonds is 7. The van der Waals surface area contributed by atoms with Gasteiger partial charge in [0.15, 0.2) is 17.3 Å². The first kappa shape index (κ1) is 20.3. The summed E-state index contributed by atoms with van der Waals surface area (Å²) in [5.74, 6) is 1.07. The molecule has 0 atom stereocenters. The van der Waals surface area contributed by atoms with Crippen LogP contribution in [-0.2, 0) is 11.3 Å². The summed E-state index contributed by atoms with van der Waals surface area (Å²) in [6, 6.07) is 16.1. The SMILES string of the molecule is CCOc1cccc2c1OCC(C(=O)NCc1ccc(NC(=O)c3ccco3)cc1)=C2. The van der Waals surface area contributed by atoms with E-state index in [1.165, 1.54) is 6.26 Å². The van der Waals surface area contributed by atoms with Crippen LogP contribution in [0.4, 0.5) is 5.69 Å². The van der Waals surface area contributed by atoms with Crippen LogP contribution in [0.25, 0.3) is 6.08 Å². The molecule has 0 spiro atoms. The number of hydrogen-bond donors (Lipinski definition) is 2.